The van der Waals surface area contributed by atoms with Gasteiger partial charge in [-0.3, -0.25) is 14.5 Å². The molecule has 6 heteroatoms. The molecule has 0 aliphatic carbocycles. The topological polar surface area (TPSA) is 72.9 Å². The van der Waals surface area contributed by atoms with Gasteiger partial charge in [-0.25, -0.2) is 0 Å². The Morgan fingerprint density at radius 3 is 2.64 bits per heavy atom. The van der Waals surface area contributed by atoms with Crippen molar-refractivity contribution in [2.45, 2.75) is 37.8 Å². The molecule has 0 saturated carbocycles. The second-order valence-electron chi connectivity index (χ2n) is 7.21. The highest BCUT2D eigenvalue weighted by Crippen LogP contribution is 2.30. The Kier molecular flexibility index (Phi) is 5.39. The van der Waals surface area contributed by atoms with E-state index in [9.17, 15) is 9.59 Å². The fourth-order valence-corrected chi connectivity index (χ4v) is 3.86. The van der Waals surface area contributed by atoms with Crippen molar-refractivity contribution in [3.63, 3.8) is 0 Å². The molecule has 136 valence electrons. The summed E-state index contributed by atoms with van der Waals surface area (Å²) in [5, 5.41) is 12.1. The summed E-state index contributed by atoms with van der Waals surface area (Å²) in [5.41, 5.74) is 1.71. The van der Waals surface area contributed by atoms with Crippen LogP contribution in [0.3, 0.4) is 0 Å². The molecule has 0 bridgehead atoms. The number of likely N-dealkylation sites (N-methyl/N-ethyl adjacent to an activating group) is 1. The fourth-order valence-electron chi connectivity index (χ4n) is 3.86. The summed E-state index contributed by atoms with van der Waals surface area (Å²) in [7, 11) is 2.10. The molecule has 1 spiro atoms. The Balaban J connectivity index is 1.67. The van der Waals surface area contributed by atoms with E-state index in [-0.39, 0.29) is 24.0 Å². The van der Waals surface area contributed by atoms with Crippen LogP contribution in [0, 0.1) is 0 Å². The molecule has 1 aromatic carbocycles. The van der Waals surface area contributed by atoms with Crippen LogP contribution in [-0.2, 0) is 22.6 Å². The number of rotatable bonds is 3. The van der Waals surface area contributed by atoms with E-state index < -0.39 is 0 Å². The van der Waals surface area contributed by atoms with E-state index in [1.807, 2.05) is 29.2 Å². The number of nitrogens with one attached hydrogen (secondary N) is 1. The van der Waals surface area contributed by atoms with Crippen LogP contribution in [0.4, 0.5) is 0 Å². The Labute approximate surface area is 148 Å². The zero-order valence-corrected chi connectivity index (χ0v) is 14.8. The maximum atomic E-state index is 12.8. The Morgan fingerprint density at radius 2 is 1.92 bits per heavy atom. The van der Waals surface area contributed by atoms with Crippen molar-refractivity contribution in [1.29, 1.82) is 0 Å². The van der Waals surface area contributed by atoms with Gasteiger partial charge < -0.3 is 15.3 Å². The molecule has 0 aromatic heterocycles. The molecule has 25 heavy (non-hydrogen) atoms. The van der Waals surface area contributed by atoms with Crippen LogP contribution in [-0.4, -0.2) is 65.5 Å². The smallest absolute Gasteiger partial charge is 0.227 e. The first kappa shape index (κ1) is 17.9. The molecular formula is C19H27N3O3. The lowest BCUT2D eigenvalue weighted by Crippen LogP contribution is -2.62. The number of hydrogen-bond acceptors (Lipinski definition) is 4. The summed E-state index contributed by atoms with van der Waals surface area (Å²) >= 11 is 0. The Morgan fingerprint density at radius 1 is 1.20 bits per heavy atom. The first-order chi connectivity index (χ1) is 12.0. The van der Waals surface area contributed by atoms with Gasteiger partial charge >= 0.3 is 0 Å². The molecule has 3 rings (SSSR count). The van der Waals surface area contributed by atoms with Gasteiger partial charge in [0.2, 0.25) is 11.8 Å². The summed E-state index contributed by atoms with van der Waals surface area (Å²) in [6, 6.07) is 7.53. The Bertz CT molecular complexity index is 631. The first-order valence-corrected chi connectivity index (χ1v) is 8.97. The van der Waals surface area contributed by atoms with Crippen molar-refractivity contribution < 1.29 is 14.7 Å². The minimum Gasteiger partial charge on any atom is -0.392 e. The van der Waals surface area contributed by atoms with Crippen molar-refractivity contribution in [1.82, 2.24) is 15.1 Å². The number of carbonyl (C=O) groups excluding carboxylic acids is 2. The number of aliphatic hydroxyl groups excluding tert-OH is 1. The summed E-state index contributed by atoms with van der Waals surface area (Å²) in [6.45, 7) is 2.94. The highest BCUT2D eigenvalue weighted by molar-refractivity contribution is 5.79. The van der Waals surface area contributed by atoms with Crippen molar-refractivity contribution in [2.75, 3.05) is 33.2 Å². The van der Waals surface area contributed by atoms with Crippen molar-refractivity contribution in [2.24, 2.45) is 0 Å². The van der Waals surface area contributed by atoms with Gasteiger partial charge in [0.15, 0.2) is 0 Å². The average molecular weight is 345 g/mol. The lowest BCUT2D eigenvalue weighted by molar-refractivity contribution is -0.136. The minimum absolute atomic E-state index is 0.0158. The number of aliphatic hydroxyl groups is 1. The first-order valence-electron chi connectivity index (χ1n) is 8.97. The molecular weight excluding hydrogens is 318 g/mol. The third-order valence-corrected chi connectivity index (χ3v) is 5.64. The maximum absolute atomic E-state index is 12.8. The molecule has 1 aromatic rings. The fraction of sp³-hybridized carbons (Fsp3) is 0.579. The third kappa shape index (κ3) is 4.02. The van der Waals surface area contributed by atoms with Gasteiger partial charge in [0.1, 0.15) is 0 Å². The number of benzene rings is 1. The molecule has 2 amide bonds. The van der Waals surface area contributed by atoms with Crippen LogP contribution in [0.15, 0.2) is 24.3 Å². The van der Waals surface area contributed by atoms with Crippen LogP contribution in [0.1, 0.15) is 30.4 Å². The van der Waals surface area contributed by atoms with Crippen LogP contribution in [0.5, 0.6) is 0 Å². The zero-order valence-electron chi connectivity index (χ0n) is 14.8. The van der Waals surface area contributed by atoms with E-state index in [2.05, 4.69) is 17.3 Å². The highest BCUT2D eigenvalue weighted by Gasteiger charge is 2.41. The van der Waals surface area contributed by atoms with E-state index in [0.717, 1.165) is 37.1 Å². The largest absolute Gasteiger partial charge is 0.392 e. The number of nitrogens with zero attached hydrogens (tertiary/aromatic N) is 2. The molecule has 1 atom stereocenters. The standard InChI is InChI=1S/C19H27N3O3/c1-21-10-11-22(14-19(21)7-6-17(24)20-9-8-19)18(25)12-15-2-4-16(13-23)5-3-15/h2-5,23H,6-14H2,1H3,(H,20,24)/t19-/m0/s1. The highest BCUT2D eigenvalue weighted by atomic mass is 16.3. The molecule has 2 fully saturated rings. The molecule has 0 unspecified atom stereocenters. The number of piperazine rings is 1. The number of hydrogen-bond donors (Lipinski definition) is 2. The van der Waals surface area contributed by atoms with Gasteiger partial charge in [-0.15, -0.1) is 0 Å². The molecule has 2 heterocycles. The molecule has 2 aliphatic heterocycles. The van der Waals surface area contributed by atoms with E-state index in [4.69, 9.17) is 5.11 Å². The van der Waals surface area contributed by atoms with E-state index in [0.29, 0.717) is 25.9 Å². The van der Waals surface area contributed by atoms with Crippen LogP contribution < -0.4 is 5.32 Å². The zero-order chi connectivity index (χ0) is 17.9. The molecule has 0 radical (unpaired) electrons. The van der Waals surface area contributed by atoms with Gasteiger partial charge in [-0.1, -0.05) is 24.3 Å². The monoisotopic (exact) mass is 345 g/mol. The van der Waals surface area contributed by atoms with E-state index in [1.54, 1.807) is 0 Å². The lowest BCUT2D eigenvalue weighted by Gasteiger charge is -2.49. The van der Waals surface area contributed by atoms with Gasteiger partial charge in [0.05, 0.1) is 13.0 Å². The van der Waals surface area contributed by atoms with Crippen LogP contribution >= 0.6 is 0 Å². The quantitative estimate of drug-likeness (QED) is 0.838. The van der Waals surface area contributed by atoms with Crippen molar-refractivity contribution >= 4 is 11.8 Å². The summed E-state index contributed by atoms with van der Waals surface area (Å²) in [6.07, 6.45) is 2.58. The molecule has 2 aliphatic rings. The van der Waals surface area contributed by atoms with Crippen molar-refractivity contribution in [3.8, 4) is 0 Å². The predicted molar refractivity (Wildman–Crippen MR) is 94.9 cm³/mol. The second-order valence-corrected chi connectivity index (χ2v) is 7.21. The number of amides is 2. The molecule has 2 saturated heterocycles. The SMILES string of the molecule is CN1CCN(C(=O)Cc2ccc(CO)cc2)C[C@]12CCNC(=O)CC2. The number of carbonyl (C=O) groups is 2. The van der Waals surface area contributed by atoms with Gasteiger partial charge in [-0.05, 0) is 31.0 Å². The molecule has 2 N–H and O–H groups in total. The summed E-state index contributed by atoms with van der Waals surface area (Å²) in [5.74, 6) is 0.241. The van der Waals surface area contributed by atoms with Gasteiger partial charge in [0, 0.05) is 38.1 Å². The van der Waals surface area contributed by atoms with E-state index in [1.165, 1.54) is 0 Å². The lowest BCUT2D eigenvalue weighted by atomic mass is 9.86. The van der Waals surface area contributed by atoms with Crippen molar-refractivity contribution in [3.05, 3.63) is 35.4 Å². The second kappa shape index (κ2) is 7.54. The average Bonchev–Trinajstić information content (AvgIpc) is 2.80. The van der Waals surface area contributed by atoms with Gasteiger partial charge in [0.25, 0.3) is 0 Å². The minimum atomic E-state index is -0.103. The molecule has 6 nitrogen and oxygen atoms in total. The summed E-state index contributed by atoms with van der Waals surface area (Å²) < 4.78 is 0. The Hall–Kier alpha value is -1.92. The van der Waals surface area contributed by atoms with Crippen LogP contribution in [0.2, 0.25) is 0 Å². The normalized spacial score (nSPS) is 24.9. The van der Waals surface area contributed by atoms with E-state index >= 15 is 0 Å². The third-order valence-electron chi connectivity index (χ3n) is 5.64. The maximum Gasteiger partial charge on any atom is 0.227 e. The summed E-state index contributed by atoms with van der Waals surface area (Å²) in [4.78, 5) is 28.8. The predicted octanol–water partition coefficient (Wildman–Crippen LogP) is 0.534. The van der Waals surface area contributed by atoms with Crippen LogP contribution in [0.25, 0.3) is 0 Å². The van der Waals surface area contributed by atoms with Gasteiger partial charge in [-0.2, -0.15) is 0 Å².